The van der Waals surface area contributed by atoms with Gasteiger partial charge in [0, 0.05) is 33.4 Å². The Balaban J connectivity index is 1.96. The number of pyridine rings is 1. The molecule has 2 amide bonds. The van der Waals surface area contributed by atoms with E-state index in [1.807, 2.05) is 6.92 Å². The Bertz CT molecular complexity index is 653. The topological polar surface area (TPSA) is 98.7 Å². The van der Waals surface area contributed by atoms with E-state index in [0.29, 0.717) is 24.7 Å². The predicted octanol–water partition coefficient (Wildman–Crippen LogP) is 1.22. The number of aliphatic imine (C=N–C) groups is 1. The number of guanidine groups is 1. The highest BCUT2D eigenvalue weighted by Gasteiger charge is 2.42. The minimum absolute atomic E-state index is 0.0150. The third kappa shape index (κ3) is 5.94. The number of rotatable bonds is 7. The Morgan fingerprint density at radius 3 is 2.59 bits per heavy atom. The van der Waals surface area contributed by atoms with Gasteiger partial charge in [0.1, 0.15) is 6.54 Å². The molecule has 1 fully saturated rings. The lowest BCUT2D eigenvalue weighted by Gasteiger charge is -2.31. The fourth-order valence-corrected chi connectivity index (χ4v) is 3.38. The summed E-state index contributed by atoms with van der Waals surface area (Å²) in [6, 6.07) is 3.53. The van der Waals surface area contributed by atoms with Crippen LogP contribution in [-0.4, -0.2) is 61.4 Å². The molecule has 0 aromatic carbocycles. The van der Waals surface area contributed by atoms with E-state index < -0.39 is 5.41 Å². The van der Waals surface area contributed by atoms with Gasteiger partial charge in [-0.1, -0.05) is 12.8 Å². The minimum atomic E-state index is -0.391. The zero-order chi connectivity index (χ0) is 19.7. The van der Waals surface area contributed by atoms with E-state index >= 15 is 0 Å². The standard InChI is InChI=1S/C19H30N6O2/c1-4-21-18(22-13-16(26)24-15-8-7-11-20-12-15)23-14-19(9-5-6-10-19)17(27)25(2)3/h7-8,11-12H,4-6,9-10,13-14H2,1-3H3,(H,24,26)(H2,21,22,23). The molecule has 1 aliphatic carbocycles. The summed E-state index contributed by atoms with van der Waals surface area (Å²) in [5.41, 5.74) is 0.245. The fourth-order valence-electron chi connectivity index (χ4n) is 3.38. The van der Waals surface area contributed by atoms with Gasteiger partial charge in [0.15, 0.2) is 5.96 Å². The summed E-state index contributed by atoms with van der Waals surface area (Å²) in [6.07, 6.45) is 7.09. The molecule has 0 aliphatic heterocycles. The molecule has 0 unspecified atom stereocenters. The lowest BCUT2D eigenvalue weighted by molar-refractivity contribution is -0.138. The third-order valence-corrected chi connectivity index (χ3v) is 4.69. The number of carbonyl (C=O) groups excluding carboxylic acids is 2. The van der Waals surface area contributed by atoms with Crippen LogP contribution >= 0.6 is 0 Å². The van der Waals surface area contributed by atoms with Crippen LogP contribution in [0.4, 0.5) is 5.69 Å². The van der Waals surface area contributed by atoms with Gasteiger partial charge in [0.05, 0.1) is 17.3 Å². The number of hydrogen-bond donors (Lipinski definition) is 3. The van der Waals surface area contributed by atoms with E-state index in [1.165, 1.54) is 0 Å². The van der Waals surface area contributed by atoms with Gasteiger partial charge in [-0.2, -0.15) is 0 Å². The predicted molar refractivity (Wildman–Crippen MR) is 106 cm³/mol. The van der Waals surface area contributed by atoms with E-state index in [0.717, 1.165) is 25.7 Å². The van der Waals surface area contributed by atoms with Crippen LogP contribution in [0.15, 0.2) is 29.5 Å². The maximum atomic E-state index is 12.7. The molecular formula is C19H30N6O2. The molecule has 0 radical (unpaired) electrons. The molecule has 1 aromatic heterocycles. The van der Waals surface area contributed by atoms with Crippen molar-refractivity contribution < 1.29 is 9.59 Å². The average Bonchev–Trinajstić information content (AvgIpc) is 3.14. The van der Waals surface area contributed by atoms with Gasteiger partial charge in [-0.25, -0.2) is 4.99 Å². The van der Waals surface area contributed by atoms with Crippen molar-refractivity contribution >= 4 is 23.5 Å². The molecule has 1 saturated carbocycles. The lowest BCUT2D eigenvalue weighted by atomic mass is 9.84. The van der Waals surface area contributed by atoms with Gasteiger partial charge in [-0.15, -0.1) is 0 Å². The lowest BCUT2D eigenvalue weighted by Crippen LogP contribution is -2.49. The quantitative estimate of drug-likeness (QED) is 0.492. The zero-order valence-electron chi connectivity index (χ0n) is 16.4. The normalized spacial score (nSPS) is 15.9. The Morgan fingerprint density at radius 2 is 2.00 bits per heavy atom. The van der Waals surface area contributed by atoms with Crippen LogP contribution in [0.1, 0.15) is 32.6 Å². The number of anilines is 1. The summed E-state index contributed by atoms with van der Waals surface area (Å²) < 4.78 is 0. The summed E-state index contributed by atoms with van der Waals surface area (Å²) in [5.74, 6) is 0.467. The zero-order valence-corrected chi connectivity index (χ0v) is 16.4. The summed E-state index contributed by atoms with van der Waals surface area (Å²) in [6.45, 7) is 3.13. The van der Waals surface area contributed by atoms with Crippen molar-refractivity contribution in [2.75, 3.05) is 39.0 Å². The van der Waals surface area contributed by atoms with E-state index in [2.05, 4.69) is 25.9 Å². The monoisotopic (exact) mass is 374 g/mol. The van der Waals surface area contributed by atoms with Gasteiger partial charge in [0.2, 0.25) is 11.8 Å². The molecule has 1 heterocycles. The van der Waals surface area contributed by atoms with E-state index in [-0.39, 0.29) is 18.4 Å². The Morgan fingerprint density at radius 1 is 1.26 bits per heavy atom. The van der Waals surface area contributed by atoms with Crippen molar-refractivity contribution in [2.45, 2.75) is 32.6 Å². The van der Waals surface area contributed by atoms with Crippen LogP contribution in [0.2, 0.25) is 0 Å². The second-order valence-electron chi connectivity index (χ2n) is 7.03. The van der Waals surface area contributed by atoms with Crippen LogP contribution in [-0.2, 0) is 9.59 Å². The van der Waals surface area contributed by atoms with Gasteiger partial charge in [0.25, 0.3) is 0 Å². The van der Waals surface area contributed by atoms with Crippen LogP contribution in [0.25, 0.3) is 0 Å². The first-order chi connectivity index (χ1) is 13.0. The molecule has 8 heteroatoms. The molecule has 27 heavy (non-hydrogen) atoms. The molecular weight excluding hydrogens is 344 g/mol. The van der Waals surface area contributed by atoms with Gasteiger partial charge < -0.3 is 20.9 Å². The van der Waals surface area contributed by atoms with Crippen molar-refractivity contribution in [3.8, 4) is 0 Å². The molecule has 1 aromatic rings. The number of nitrogens with zero attached hydrogens (tertiary/aromatic N) is 3. The van der Waals surface area contributed by atoms with Crippen LogP contribution in [0.3, 0.4) is 0 Å². The van der Waals surface area contributed by atoms with Crippen molar-refractivity contribution in [2.24, 2.45) is 10.4 Å². The third-order valence-electron chi connectivity index (χ3n) is 4.69. The number of amides is 2. The highest BCUT2D eigenvalue weighted by atomic mass is 16.2. The molecule has 0 saturated heterocycles. The first-order valence-electron chi connectivity index (χ1n) is 9.40. The largest absolute Gasteiger partial charge is 0.357 e. The molecule has 3 N–H and O–H groups in total. The second kappa shape index (κ2) is 9.89. The molecule has 1 aliphatic rings. The first kappa shape index (κ1) is 20.7. The number of carbonyl (C=O) groups is 2. The summed E-state index contributed by atoms with van der Waals surface area (Å²) in [7, 11) is 3.59. The van der Waals surface area contributed by atoms with Crippen molar-refractivity contribution in [3.63, 3.8) is 0 Å². The van der Waals surface area contributed by atoms with E-state index in [9.17, 15) is 9.59 Å². The molecule has 0 atom stereocenters. The highest BCUT2D eigenvalue weighted by molar-refractivity contribution is 5.94. The Kier molecular flexibility index (Phi) is 7.57. The van der Waals surface area contributed by atoms with Crippen molar-refractivity contribution in [1.82, 2.24) is 20.5 Å². The summed E-state index contributed by atoms with van der Waals surface area (Å²) >= 11 is 0. The molecule has 2 rings (SSSR count). The number of hydrogen-bond acceptors (Lipinski definition) is 4. The molecule has 0 spiro atoms. The minimum Gasteiger partial charge on any atom is -0.357 e. The highest BCUT2D eigenvalue weighted by Crippen LogP contribution is 2.38. The molecule has 0 bridgehead atoms. The molecule has 148 valence electrons. The number of aromatic nitrogens is 1. The second-order valence-corrected chi connectivity index (χ2v) is 7.03. The van der Waals surface area contributed by atoms with Crippen molar-refractivity contribution in [3.05, 3.63) is 24.5 Å². The van der Waals surface area contributed by atoms with E-state index in [1.54, 1.807) is 43.5 Å². The van der Waals surface area contributed by atoms with Crippen LogP contribution in [0.5, 0.6) is 0 Å². The van der Waals surface area contributed by atoms with Crippen LogP contribution in [0, 0.1) is 5.41 Å². The maximum Gasteiger partial charge on any atom is 0.246 e. The van der Waals surface area contributed by atoms with Gasteiger partial charge in [-0.3, -0.25) is 14.6 Å². The summed E-state index contributed by atoms with van der Waals surface area (Å²) in [4.78, 5) is 34.7. The van der Waals surface area contributed by atoms with Gasteiger partial charge in [-0.05, 0) is 31.9 Å². The smallest absolute Gasteiger partial charge is 0.246 e. The number of nitrogens with one attached hydrogen (secondary N) is 3. The fraction of sp³-hybridized carbons (Fsp3) is 0.579. The average molecular weight is 374 g/mol. The SMILES string of the molecule is CCNC(=NCC(=O)Nc1cccnc1)NCC1(C(=O)N(C)C)CCCC1. The maximum absolute atomic E-state index is 12.7. The van der Waals surface area contributed by atoms with Crippen LogP contribution < -0.4 is 16.0 Å². The summed E-state index contributed by atoms with van der Waals surface area (Å²) in [5, 5.41) is 9.14. The Hall–Kier alpha value is -2.64. The van der Waals surface area contributed by atoms with E-state index in [4.69, 9.17) is 0 Å². The first-order valence-corrected chi connectivity index (χ1v) is 9.40. The van der Waals surface area contributed by atoms with Gasteiger partial charge >= 0.3 is 0 Å². The van der Waals surface area contributed by atoms with Crippen molar-refractivity contribution in [1.29, 1.82) is 0 Å². The molecule has 8 nitrogen and oxygen atoms in total. The Labute approximate surface area is 160 Å².